The lowest BCUT2D eigenvalue weighted by atomic mass is 9.86. The van der Waals surface area contributed by atoms with Crippen LogP contribution in [0.4, 0.5) is 0 Å². The third-order valence-corrected chi connectivity index (χ3v) is 6.80. The maximum Gasteiger partial charge on any atom is 0.237 e. The van der Waals surface area contributed by atoms with Gasteiger partial charge in [0.15, 0.2) is 0 Å². The Morgan fingerprint density at radius 3 is 2.66 bits per heavy atom. The molecule has 2 heterocycles. The van der Waals surface area contributed by atoms with E-state index in [1.54, 1.807) is 6.26 Å². The van der Waals surface area contributed by atoms with Crippen LogP contribution in [0.2, 0.25) is 0 Å². The number of unbranched alkanes of at least 4 members (excludes halogenated alkanes) is 1. The number of hydrogen-bond acceptors (Lipinski definition) is 8. The van der Waals surface area contributed by atoms with E-state index in [0.717, 1.165) is 25.8 Å². The molecule has 0 spiro atoms. The van der Waals surface area contributed by atoms with Crippen molar-refractivity contribution in [2.75, 3.05) is 12.8 Å². The van der Waals surface area contributed by atoms with E-state index in [-0.39, 0.29) is 17.9 Å². The van der Waals surface area contributed by atoms with Gasteiger partial charge >= 0.3 is 0 Å². The molecule has 8 atom stereocenters. The summed E-state index contributed by atoms with van der Waals surface area (Å²) in [5.41, 5.74) is -0.672. The van der Waals surface area contributed by atoms with Gasteiger partial charge in [0.25, 0.3) is 0 Å². The highest BCUT2D eigenvalue weighted by atomic mass is 32.2. The van der Waals surface area contributed by atoms with Crippen LogP contribution in [0.5, 0.6) is 0 Å². The van der Waals surface area contributed by atoms with Gasteiger partial charge in [-0.2, -0.15) is 5.26 Å². The number of piperidine rings is 1. The summed E-state index contributed by atoms with van der Waals surface area (Å²) < 4.78 is 5.87. The van der Waals surface area contributed by atoms with Crippen LogP contribution in [0.1, 0.15) is 46.0 Å². The molecule has 2 fully saturated rings. The highest BCUT2D eigenvalue weighted by molar-refractivity contribution is 7.99. The van der Waals surface area contributed by atoms with Crippen molar-refractivity contribution in [3.63, 3.8) is 0 Å². The van der Waals surface area contributed by atoms with E-state index >= 15 is 0 Å². The molecule has 1 amide bonds. The largest absolute Gasteiger partial charge is 0.388 e. The summed E-state index contributed by atoms with van der Waals surface area (Å²) in [5.74, 6) is 0.219. The minimum absolute atomic E-state index is 0.0430. The van der Waals surface area contributed by atoms with Crippen molar-refractivity contribution >= 4 is 17.7 Å². The Bertz CT molecular complexity index is 571. The minimum Gasteiger partial charge on any atom is -0.388 e. The summed E-state index contributed by atoms with van der Waals surface area (Å²) in [6.07, 6.45) is 1.17. The Kier molecular flexibility index (Phi) is 9.66. The molecule has 0 saturated carbocycles. The second kappa shape index (κ2) is 11.5. The molecular weight excluding hydrogens is 394 g/mol. The lowest BCUT2D eigenvalue weighted by Gasteiger charge is -2.44. The number of nitrogens with one attached hydrogen (secondary N) is 2. The number of aliphatic hydroxyl groups excluding tert-OH is 3. The predicted molar refractivity (Wildman–Crippen MR) is 111 cm³/mol. The molecule has 0 aromatic rings. The topological polar surface area (TPSA) is 135 Å². The number of thioether (sulfide) groups is 1. The van der Waals surface area contributed by atoms with Crippen LogP contribution in [0.25, 0.3) is 0 Å². The molecule has 2 aliphatic rings. The maximum absolute atomic E-state index is 13.0. The molecule has 29 heavy (non-hydrogen) atoms. The van der Waals surface area contributed by atoms with Gasteiger partial charge in [-0.3, -0.25) is 4.79 Å². The molecule has 5 N–H and O–H groups in total. The van der Waals surface area contributed by atoms with Gasteiger partial charge in [-0.15, -0.1) is 11.8 Å². The number of hydrogen-bond donors (Lipinski definition) is 5. The first-order chi connectivity index (χ1) is 13.8. The van der Waals surface area contributed by atoms with Gasteiger partial charge in [-0.05, 0) is 50.3 Å². The Balaban J connectivity index is 2.02. The zero-order valence-electron chi connectivity index (χ0n) is 17.5. The number of ether oxygens (including phenoxy) is 1. The van der Waals surface area contributed by atoms with Crippen molar-refractivity contribution in [3.05, 3.63) is 0 Å². The van der Waals surface area contributed by atoms with Crippen LogP contribution in [0, 0.1) is 23.2 Å². The summed E-state index contributed by atoms with van der Waals surface area (Å²) in [7, 11) is 0. The first-order valence-electron chi connectivity index (χ1n) is 10.4. The molecule has 0 aromatic carbocycles. The summed E-state index contributed by atoms with van der Waals surface area (Å²) in [6.45, 7) is 4.60. The first kappa shape index (κ1) is 24.4. The fraction of sp³-hybridized carbons (Fsp3) is 0.900. The van der Waals surface area contributed by atoms with Crippen molar-refractivity contribution in [2.24, 2.45) is 11.8 Å². The van der Waals surface area contributed by atoms with E-state index < -0.39 is 35.9 Å². The normalized spacial score (nSPS) is 36.4. The predicted octanol–water partition coefficient (Wildman–Crippen LogP) is 0.360. The smallest absolute Gasteiger partial charge is 0.237 e. The molecule has 2 saturated heterocycles. The Hall–Kier alpha value is -0.890. The van der Waals surface area contributed by atoms with Gasteiger partial charge in [0, 0.05) is 6.42 Å². The quantitative estimate of drug-likeness (QED) is 0.349. The molecule has 9 heteroatoms. The van der Waals surface area contributed by atoms with Crippen molar-refractivity contribution in [3.8, 4) is 6.07 Å². The lowest BCUT2D eigenvalue weighted by molar-refractivity contribution is -0.208. The second-order valence-corrected chi connectivity index (χ2v) is 9.34. The standard InChI is InChI=1S/C20H35N3O5S/c1-11(2)14(18-16(25)15(24)17(26)20(28-18)29-3)23-19(27)13-10-12(7-9-22-13)6-4-5-8-21/h11-18,20,22,24-26H,4-7,9-10H2,1-3H3,(H,23,27)/t12-,13+,14-,15+,16-,17-,18-,20-/m1/s1. The fourth-order valence-corrected chi connectivity index (χ4v) is 4.87. The molecule has 2 rings (SSSR count). The Morgan fingerprint density at radius 2 is 2.03 bits per heavy atom. The molecule has 8 nitrogen and oxygen atoms in total. The van der Waals surface area contributed by atoms with E-state index in [1.807, 2.05) is 13.8 Å². The third-order valence-electron chi connectivity index (χ3n) is 5.95. The number of amides is 1. The molecule has 2 aliphatic heterocycles. The van der Waals surface area contributed by atoms with Gasteiger partial charge in [0.1, 0.15) is 29.9 Å². The Morgan fingerprint density at radius 1 is 1.31 bits per heavy atom. The first-order valence-corrected chi connectivity index (χ1v) is 11.7. The SMILES string of the molecule is CS[C@H]1O[C@H]([C@H](NC(=O)[C@@H]2C[C@H](CCCC#N)CCN2)C(C)C)[C@H](O)[C@H](O)[C@H]1O. The second-order valence-electron chi connectivity index (χ2n) is 8.40. The minimum atomic E-state index is -1.33. The van der Waals surface area contributed by atoms with E-state index in [2.05, 4.69) is 16.7 Å². The van der Waals surface area contributed by atoms with E-state index in [4.69, 9.17) is 10.00 Å². The van der Waals surface area contributed by atoms with Crippen LogP contribution < -0.4 is 10.6 Å². The van der Waals surface area contributed by atoms with Crippen molar-refractivity contribution in [1.82, 2.24) is 10.6 Å². The zero-order chi connectivity index (χ0) is 21.6. The number of nitriles is 1. The van der Waals surface area contributed by atoms with Crippen molar-refractivity contribution in [1.29, 1.82) is 5.26 Å². The third kappa shape index (κ3) is 6.29. The molecule has 0 aliphatic carbocycles. The van der Waals surface area contributed by atoms with Gasteiger partial charge in [-0.1, -0.05) is 13.8 Å². The van der Waals surface area contributed by atoms with Crippen LogP contribution in [0.15, 0.2) is 0 Å². The molecule has 166 valence electrons. The van der Waals surface area contributed by atoms with E-state index in [1.165, 1.54) is 11.8 Å². The highest BCUT2D eigenvalue weighted by Crippen LogP contribution is 2.30. The van der Waals surface area contributed by atoms with Crippen LogP contribution >= 0.6 is 11.8 Å². The highest BCUT2D eigenvalue weighted by Gasteiger charge is 2.47. The maximum atomic E-state index is 13.0. The summed E-state index contributed by atoms with van der Waals surface area (Å²) in [6, 6.07) is 1.33. The number of nitrogens with zero attached hydrogens (tertiary/aromatic N) is 1. The molecule has 0 aromatic heterocycles. The summed E-state index contributed by atoms with van der Waals surface area (Å²) >= 11 is 1.26. The van der Waals surface area contributed by atoms with Gasteiger partial charge in [-0.25, -0.2) is 0 Å². The lowest BCUT2D eigenvalue weighted by Crippen LogP contribution is -2.65. The van der Waals surface area contributed by atoms with Crippen LogP contribution in [0.3, 0.4) is 0 Å². The van der Waals surface area contributed by atoms with Gasteiger partial charge in [0.2, 0.25) is 5.91 Å². The number of carbonyl (C=O) groups is 1. The van der Waals surface area contributed by atoms with Crippen molar-refractivity contribution in [2.45, 2.75) is 87.9 Å². The van der Waals surface area contributed by atoms with Crippen LogP contribution in [-0.2, 0) is 9.53 Å². The molecular formula is C20H35N3O5S. The average molecular weight is 430 g/mol. The molecule has 0 unspecified atom stereocenters. The zero-order valence-corrected chi connectivity index (χ0v) is 18.3. The van der Waals surface area contributed by atoms with E-state index in [9.17, 15) is 20.1 Å². The van der Waals surface area contributed by atoms with E-state index in [0.29, 0.717) is 18.8 Å². The number of rotatable bonds is 8. The Labute approximate surface area is 177 Å². The van der Waals surface area contributed by atoms with Gasteiger partial charge < -0.3 is 30.7 Å². The average Bonchev–Trinajstić information content (AvgIpc) is 2.71. The fourth-order valence-electron chi connectivity index (χ4n) is 4.19. The number of carbonyl (C=O) groups excluding carboxylic acids is 1. The molecule has 0 radical (unpaired) electrons. The monoisotopic (exact) mass is 429 g/mol. The van der Waals surface area contributed by atoms with Crippen LogP contribution in [-0.4, -0.2) is 76.0 Å². The van der Waals surface area contributed by atoms with Crippen molar-refractivity contribution < 1.29 is 24.9 Å². The summed E-state index contributed by atoms with van der Waals surface area (Å²) in [4.78, 5) is 13.0. The summed E-state index contributed by atoms with van der Waals surface area (Å²) in [5, 5.41) is 45.8. The number of aliphatic hydroxyl groups is 3. The molecule has 0 bridgehead atoms. The van der Waals surface area contributed by atoms with Gasteiger partial charge in [0.05, 0.1) is 18.2 Å².